The molecule has 4 atom stereocenters. The van der Waals surface area contributed by atoms with Crippen LogP contribution < -0.4 is 0 Å². The van der Waals surface area contributed by atoms with E-state index in [9.17, 15) is 33.9 Å². The first-order valence-corrected chi connectivity index (χ1v) is 11.7. The van der Waals surface area contributed by atoms with E-state index in [1.54, 1.807) is 18.2 Å². The van der Waals surface area contributed by atoms with Crippen LogP contribution in [0.15, 0.2) is 34.8 Å². The molecule has 0 saturated carbocycles. The van der Waals surface area contributed by atoms with E-state index in [4.69, 9.17) is 23.7 Å². The standard InChI is InChI=1S/C26H29NO12/c1-13(28)35-12-22(37-15(3)30)26(39-17(5)32)25(38-16(4)31)21(36-14(2)29)11-27-10-20-23(33)18-8-6-7-9-19(18)24(20)34/h6-10,21-22,25-26,33H,11-12H2,1-5H3/t21-,22-,25-,26-/m1/s1. The Labute approximate surface area is 223 Å². The van der Waals surface area contributed by atoms with Crippen LogP contribution in [0.25, 0.3) is 5.76 Å². The number of allylic oxidation sites excluding steroid dienone is 1. The number of ketones is 1. The van der Waals surface area contributed by atoms with Gasteiger partial charge in [-0.25, -0.2) is 0 Å². The largest absolute Gasteiger partial charge is 0.506 e. The lowest BCUT2D eigenvalue weighted by Gasteiger charge is -2.34. The van der Waals surface area contributed by atoms with Crippen molar-refractivity contribution < 1.29 is 57.6 Å². The smallest absolute Gasteiger partial charge is 0.303 e. The zero-order valence-corrected chi connectivity index (χ0v) is 22.0. The highest BCUT2D eigenvalue weighted by Crippen LogP contribution is 2.30. The van der Waals surface area contributed by atoms with E-state index in [1.165, 1.54) is 6.07 Å². The van der Waals surface area contributed by atoms with E-state index < -0.39 is 73.2 Å². The van der Waals surface area contributed by atoms with Crippen LogP contribution in [-0.2, 0) is 47.7 Å². The van der Waals surface area contributed by atoms with E-state index in [2.05, 4.69) is 4.99 Å². The zero-order valence-electron chi connectivity index (χ0n) is 22.0. The lowest BCUT2D eigenvalue weighted by Crippen LogP contribution is -2.53. The summed E-state index contributed by atoms with van der Waals surface area (Å²) in [6.45, 7) is 4.25. The second-order valence-corrected chi connectivity index (χ2v) is 8.38. The highest BCUT2D eigenvalue weighted by atomic mass is 16.6. The van der Waals surface area contributed by atoms with Crippen molar-refractivity contribution in [3.05, 3.63) is 41.0 Å². The fourth-order valence-electron chi connectivity index (χ4n) is 3.78. The number of ether oxygens (including phenoxy) is 5. The van der Waals surface area contributed by atoms with Gasteiger partial charge in [0.05, 0.1) is 12.1 Å². The number of benzene rings is 1. The molecule has 13 nitrogen and oxygen atoms in total. The van der Waals surface area contributed by atoms with Crippen molar-refractivity contribution in [2.45, 2.75) is 59.0 Å². The van der Waals surface area contributed by atoms with Crippen LogP contribution in [0.1, 0.15) is 50.5 Å². The molecule has 2 rings (SSSR count). The summed E-state index contributed by atoms with van der Waals surface area (Å²) in [5.74, 6) is -4.95. The molecule has 0 heterocycles. The Morgan fingerprint density at radius 3 is 1.74 bits per heavy atom. The van der Waals surface area contributed by atoms with E-state index in [1.807, 2.05) is 0 Å². The highest BCUT2D eigenvalue weighted by Gasteiger charge is 2.44. The number of aliphatic imine (C=N–C) groups is 1. The Balaban J connectivity index is 2.46. The van der Waals surface area contributed by atoms with Crippen LogP contribution in [-0.4, -0.2) is 84.5 Å². The van der Waals surface area contributed by atoms with Crippen molar-refractivity contribution in [1.82, 2.24) is 0 Å². The molecule has 0 bridgehead atoms. The maximum absolute atomic E-state index is 12.7. The Morgan fingerprint density at radius 2 is 1.26 bits per heavy atom. The summed E-state index contributed by atoms with van der Waals surface area (Å²) in [5.41, 5.74) is 0.476. The minimum Gasteiger partial charge on any atom is -0.506 e. The van der Waals surface area contributed by atoms with Gasteiger partial charge in [0, 0.05) is 52.0 Å². The zero-order chi connectivity index (χ0) is 29.3. The fraction of sp³-hybridized carbons (Fsp3) is 0.423. The molecule has 0 aliphatic heterocycles. The number of hydrogen-bond acceptors (Lipinski definition) is 13. The summed E-state index contributed by atoms with van der Waals surface area (Å²) >= 11 is 0. The van der Waals surface area contributed by atoms with Gasteiger partial charge in [-0.1, -0.05) is 24.3 Å². The Hall–Kier alpha value is -4.55. The van der Waals surface area contributed by atoms with Crippen LogP contribution >= 0.6 is 0 Å². The molecule has 0 amide bonds. The molecule has 0 radical (unpaired) electrons. The van der Waals surface area contributed by atoms with Crippen molar-refractivity contribution in [3.63, 3.8) is 0 Å². The van der Waals surface area contributed by atoms with Crippen LogP contribution in [0.2, 0.25) is 0 Å². The number of aliphatic hydroxyl groups is 1. The second-order valence-electron chi connectivity index (χ2n) is 8.38. The van der Waals surface area contributed by atoms with Gasteiger partial charge in [0.15, 0.2) is 30.2 Å². The molecule has 1 aliphatic carbocycles. The molecule has 0 saturated heterocycles. The van der Waals surface area contributed by atoms with E-state index in [-0.39, 0.29) is 16.9 Å². The highest BCUT2D eigenvalue weighted by molar-refractivity contribution is 6.30. The van der Waals surface area contributed by atoms with Crippen LogP contribution in [0.4, 0.5) is 0 Å². The SMILES string of the molecule is CC(=O)OC[C@@H](OC(C)=O)[C@@H](OC(C)=O)[C@H](OC(C)=O)[C@@H](CN=CC1=C(O)c2ccccc2C1=O)OC(C)=O. The quantitative estimate of drug-likeness (QED) is 0.227. The van der Waals surface area contributed by atoms with Crippen LogP contribution in [0.5, 0.6) is 0 Å². The topological polar surface area (TPSA) is 181 Å². The van der Waals surface area contributed by atoms with E-state index in [0.717, 1.165) is 40.8 Å². The second kappa shape index (κ2) is 13.8. The lowest BCUT2D eigenvalue weighted by molar-refractivity contribution is -0.201. The number of carbonyl (C=O) groups excluding carboxylic acids is 6. The summed E-state index contributed by atoms with van der Waals surface area (Å²) < 4.78 is 26.0. The summed E-state index contributed by atoms with van der Waals surface area (Å²) in [5, 5.41) is 10.5. The number of carbonyl (C=O) groups is 6. The Morgan fingerprint density at radius 1 is 0.769 bits per heavy atom. The third-order valence-corrected chi connectivity index (χ3v) is 5.18. The van der Waals surface area contributed by atoms with E-state index in [0.29, 0.717) is 5.56 Å². The summed E-state index contributed by atoms with van der Waals surface area (Å²) in [6.07, 6.45) is -5.06. The van der Waals surface area contributed by atoms with Gasteiger partial charge < -0.3 is 28.8 Å². The Kier molecular flexibility index (Phi) is 10.9. The Bertz CT molecular complexity index is 1200. The predicted octanol–water partition coefficient (Wildman–Crippen LogP) is 1.51. The van der Waals surface area contributed by atoms with Crippen LogP contribution in [0.3, 0.4) is 0 Å². The van der Waals surface area contributed by atoms with E-state index >= 15 is 0 Å². The molecule has 1 aromatic carbocycles. The lowest BCUT2D eigenvalue weighted by atomic mass is 10.0. The van der Waals surface area contributed by atoms with Crippen molar-refractivity contribution in [3.8, 4) is 0 Å². The van der Waals surface area contributed by atoms with Gasteiger partial charge in [-0.05, 0) is 0 Å². The number of nitrogens with zero attached hydrogens (tertiary/aromatic N) is 1. The van der Waals surface area contributed by atoms with Gasteiger partial charge in [-0.3, -0.25) is 33.8 Å². The molecule has 39 heavy (non-hydrogen) atoms. The number of esters is 5. The van der Waals surface area contributed by atoms with Crippen molar-refractivity contribution in [1.29, 1.82) is 0 Å². The summed E-state index contributed by atoms with van der Waals surface area (Å²) in [6, 6.07) is 6.38. The van der Waals surface area contributed by atoms with Gasteiger partial charge in [0.2, 0.25) is 0 Å². The van der Waals surface area contributed by atoms with Gasteiger partial charge in [0.25, 0.3) is 0 Å². The first-order valence-electron chi connectivity index (χ1n) is 11.7. The number of fused-ring (bicyclic) bond motifs is 1. The molecule has 13 heteroatoms. The third kappa shape index (κ3) is 8.76. The average Bonchev–Trinajstić information content (AvgIpc) is 3.07. The molecule has 210 valence electrons. The third-order valence-electron chi connectivity index (χ3n) is 5.18. The maximum atomic E-state index is 12.7. The number of rotatable bonds is 12. The molecule has 1 aromatic rings. The van der Waals surface area contributed by atoms with Gasteiger partial charge in [-0.2, -0.15) is 0 Å². The van der Waals surface area contributed by atoms with Gasteiger partial charge >= 0.3 is 29.8 Å². The van der Waals surface area contributed by atoms with Gasteiger partial charge in [-0.15, -0.1) is 0 Å². The van der Waals surface area contributed by atoms with Crippen LogP contribution in [0, 0.1) is 0 Å². The molecule has 0 aromatic heterocycles. The van der Waals surface area contributed by atoms with Crippen molar-refractivity contribution in [2.24, 2.45) is 4.99 Å². The minimum atomic E-state index is -1.61. The monoisotopic (exact) mass is 547 g/mol. The first kappa shape index (κ1) is 30.7. The fourth-order valence-corrected chi connectivity index (χ4v) is 3.78. The molecule has 1 N–H and O–H groups in total. The number of hydrogen-bond donors (Lipinski definition) is 1. The first-order chi connectivity index (χ1) is 18.3. The maximum Gasteiger partial charge on any atom is 0.303 e. The molecule has 0 fully saturated rings. The molecule has 1 aliphatic rings. The van der Waals surface area contributed by atoms with Gasteiger partial charge in [0.1, 0.15) is 12.4 Å². The van der Waals surface area contributed by atoms with Crippen molar-refractivity contribution in [2.75, 3.05) is 13.2 Å². The number of Topliss-reactive ketones (excluding diaryl/α,β-unsaturated/α-hetero) is 1. The summed E-state index contributed by atoms with van der Waals surface area (Å²) in [4.78, 5) is 75.9. The summed E-state index contributed by atoms with van der Waals surface area (Å²) in [7, 11) is 0. The normalized spacial score (nSPS) is 15.6. The van der Waals surface area contributed by atoms with Crippen molar-refractivity contribution >= 4 is 47.6 Å². The molecule has 0 spiro atoms. The average molecular weight is 548 g/mol. The molecular formula is C26H29NO12. The minimum absolute atomic E-state index is 0.119. The predicted molar refractivity (Wildman–Crippen MR) is 133 cm³/mol. The molecule has 0 unspecified atom stereocenters. The molecular weight excluding hydrogens is 518 g/mol. The number of aliphatic hydroxyl groups excluding tert-OH is 1.